The van der Waals surface area contributed by atoms with E-state index >= 15 is 0 Å². The van der Waals surface area contributed by atoms with Crippen molar-refractivity contribution in [1.82, 2.24) is 10.3 Å². The van der Waals surface area contributed by atoms with E-state index in [2.05, 4.69) is 10.3 Å². The number of hydrogen-bond donors (Lipinski definition) is 1. The van der Waals surface area contributed by atoms with E-state index in [9.17, 15) is 4.79 Å². The van der Waals surface area contributed by atoms with E-state index in [0.29, 0.717) is 25.3 Å². The molecule has 1 N–H and O–H groups in total. The van der Waals surface area contributed by atoms with Crippen LogP contribution in [-0.2, 0) is 9.47 Å². The third kappa shape index (κ3) is 4.96. The monoisotopic (exact) mass is 264 g/mol. The lowest BCUT2D eigenvalue weighted by Crippen LogP contribution is -2.25. The van der Waals surface area contributed by atoms with Gasteiger partial charge in [-0.3, -0.25) is 9.78 Å². The predicted molar refractivity (Wildman–Crippen MR) is 71.0 cm³/mol. The SMILES string of the molecule is O=C(NCCCOC[C@@H]1CCCO1)c1cccnc1. The summed E-state index contributed by atoms with van der Waals surface area (Å²) in [7, 11) is 0. The fourth-order valence-corrected chi connectivity index (χ4v) is 1.97. The molecule has 1 aromatic rings. The van der Waals surface area contributed by atoms with Gasteiger partial charge in [0.1, 0.15) is 0 Å². The molecule has 0 radical (unpaired) electrons. The Balaban J connectivity index is 1.51. The van der Waals surface area contributed by atoms with Gasteiger partial charge in [-0.25, -0.2) is 0 Å². The van der Waals surface area contributed by atoms with E-state index in [1.807, 2.05) is 0 Å². The van der Waals surface area contributed by atoms with Gasteiger partial charge in [-0.2, -0.15) is 0 Å². The highest BCUT2D eigenvalue weighted by Gasteiger charge is 2.14. The molecule has 104 valence electrons. The second-order valence-corrected chi connectivity index (χ2v) is 4.56. The number of hydrogen-bond acceptors (Lipinski definition) is 4. The Hall–Kier alpha value is -1.46. The summed E-state index contributed by atoms with van der Waals surface area (Å²) < 4.78 is 11.0. The van der Waals surface area contributed by atoms with Gasteiger partial charge >= 0.3 is 0 Å². The first kappa shape index (κ1) is 14.0. The van der Waals surface area contributed by atoms with Crippen LogP contribution in [0, 0.1) is 0 Å². The Morgan fingerprint density at radius 2 is 2.53 bits per heavy atom. The molecule has 0 saturated carbocycles. The van der Waals surface area contributed by atoms with Crippen molar-refractivity contribution in [3.05, 3.63) is 30.1 Å². The van der Waals surface area contributed by atoms with Gasteiger partial charge in [0.15, 0.2) is 0 Å². The summed E-state index contributed by atoms with van der Waals surface area (Å²) in [6.07, 6.45) is 6.51. The zero-order valence-electron chi connectivity index (χ0n) is 11.0. The van der Waals surface area contributed by atoms with Gasteiger partial charge in [0.25, 0.3) is 5.91 Å². The Morgan fingerprint density at radius 1 is 1.58 bits per heavy atom. The van der Waals surface area contributed by atoms with Gasteiger partial charge in [0.2, 0.25) is 0 Å². The standard InChI is InChI=1S/C14H20N2O3/c17-14(12-4-1-6-15-10-12)16-7-3-8-18-11-13-5-2-9-19-13/h1,4,6,10,13H,2-3,5,7-9,11H2,(H,16,17)/t13-/m0/s1. The fraction of sp³-hybridized carbons (Fsp3) is 0.571. The van der Waals surface area contributed by atoms with Crippen LogP contribution in [0.15, 0.2) is 24.5 Å². The van der Waals surface area contributed by atoms with Gasteiger partial charge < -0.3 is 14.8 Å². The number of pyridine rings is 1. The van der Waals surface area contributed by atoms with E-state index < -0.39 is 0 Å². The Morgan fingerprint density at radius 3 is 3.26 bits per heavy atom. The molecule has 19 heavy (non-hydrogen) atoms. The zero-order chi connectivity index (χ0) is 13.3. The number of rotatable bonds is 7. The molecule has 1 aliphatic heterocycles. The molecule has 5 heteroatoms. The third-order valence-electron chi connectivity index (χ3n) is 3.00. The van der Waals surface area contributed by atoms with E-state index in [-0.39, 0.29) is 12.0 Å². The summed E-state index contributed by atoms with van der Waals surface area (Å²) in [6.45, 7) is 2.78. The van der Waals surface area contributed by atoms with Crippen LogP contribution < -0.4 is 5.32 Å². The first-order valence-electron chi connectivity index (χ1n) is 6.74. The van der Waals surface area contributed by atoms with Crippen molar-refractivity contribution >= 4 is 5.91 Å². The normalized spacial score (nSPS) is 18.4. The number of carbonyl (C=O) groups excluding carboxylic acids is 1. The topological polar surface area (TPSA) is 60.5 Å². The predicted octanol–water partition coefficient (Wildman–Crippen LogP) is 1.40. The van der Waals surface area contributed by atoms with Crippen molar-refractivity contribution in [3.8, 4) is 0 Å². The first-order valence-corrected chi connectivity index (χ1v) is 6.74. The summed E-state index contributed by atoms with van der Waals surface area (Å²) in [4.78, 5) is 15.6. The number of nitrogens with zero attached hydrogens (tertiary/aromatic N) is 1. The highest BCUT2D eigenvalue weighted by molar-refractivity contribution is 5.93. The highest BCUT2D eigenvalue weighted by Crippen LogP contribution is 2.11. The van der Waals surface area contributed by atoms with Gasteiger partial charge in [0.05, 0.1) is 18.3 Å². The largest absolute Gasteiger partial charge is 0.379 e. The van der Waals surface area contributed by atoms with Crippen molar-refractivity contribution in [1.29, 1.82) is 0 Å². The van der Waals surface area contributed by atoms with E-state index in [1.165, 1.54) is 0 Å². The minimum Gasteiger partial charge on any atom is -0.379 e. The van der Waals surface area contributed by atoms with Crippen molar-refractivity contribution in [2.45, 2.75) is 25.4 Å². The third-order valence-corrected chi connectivity index (χ3v) is 3.00. The number of amides is 1. The van der Waals surface area contributed by atoms with Crippen molar-refractivity contribution in [2.75, 3.05) is 26.4 Å². The molecular weight excluding hydrogens is 244 g/mol. The van der Waals surface area contributed by atoms with Gasteiger partial charge in [-0.1, -0.05) is 0 Å². The number of aromatic nitrogens is 1. The summed E-state index contributed by atoms with van der Waals surface area (Å²) >= 11 is 0. The fourth-order valence-electron chi connectivity index (χ4n) is 1.97. The summed E-state index contributed by atoms with van der Waals surface area (Å²) in [5, 5.41) is 2.84. The Labute approximate surface area is 113 Å². The maximum Gasteiger partial charge on any atom is 0.252 e. The summed E-state index contributed by atoms with van der Waals surface area (Å²) in [5.74, 6) is -0.0905. The highest BCUT2D eigenvalue weighted by atomic mass is 16.5. The molecule has 2 rings (SSSR count). The lowest BCUT2D eigenvalue weighted by atomic mass is 10.2. The lowest BCUT2D eigenvalue weighted by Gasteiger charge is -2.10. The van der Waals surface area contributed by atoms with Crippen molar-refractivity contribution in [2.24, 2.45) is 0 Å². The van der Waals surface area contributed by atoms with Crippen LogP contribution in [0.1, 0.15) is 29.6 Å². The molecule has 0 bridgehead atoms. The van der Waals surface area contributed by atoms with Crippen LogP contribution in [-0.4, -0.2) is 43.4 Å². The molecule has 2 heterocycles. The summed E-state index contributed by atoms with van der Waals surface area (Å²) in [6, 6.07) is 3.50. The summed E-state index contributed by atoms with van der Waals surface area (Å²) in [5.41, 5.74) is 0.586. The zero-order valence-corrected chi connectivity index (χ0v) is 11.0. The quantitative estimate of drug-likeness (QED) is 0.756. The van der Waals surface area contributed by atoms with Crippen LogP contribution in [0.5, 0.6) is 0 Å². The van der Waals surface area contributed by atoms with Crippen LogP contribution in [0.3, 0.4) is 0 Å². The second-order valence-electron chi connectivity index (χ2n) is 4.56. The van der Waals surface area contributed by atoms with Gasteiger partial charge in [-0.15, -0.1) is 0 Å². The maximum atomic E-state index is 11.7. The Kier molecular flexibility index (Phi) is 5.78. The first-order chi connectivity index (χ1) is 9.36. The molecule has 0 unspecified atom stereocenters. The average molecular weight is 264 g/mol. The van der Waals surface area contributed by atoms with Crippen LogP contribution in [0.2, 0.25) is 0 Å². The van der Waals surface area contributed by atoms with Gasteiger partial charge in [0, 0.05) is 32.2 Å². The molecule has 1 aliphatic rings. The van der Waals surface area contributed by atoms with Crippen LogP contribution >= 0.6 is 0 Å². The molecule has 0 spiro atoms. The number of carbonyl (C=O) groups is 1. The minimum atomic E-state index is -0.0905. The van der Waals surface area contributed by atoms with Crippen molar-refractivity contribution < 1.29 is 14.3 Å². The van der Waals surface area contributed by atoms with E-state index in [0.717, 1.165) is 25.9 Å². The molecular formula is C14H20N2O3. The number of nitrogens with one attached hydrogen (secondary N) is 1. The average Bonchev–Trinajstić information content (AvgIpc) is 2.96. The molecule has 0 aromatic carbocycles. The lowest BCUT2D eigenvalue weighted by molar-refractivity contribution is 0.0166. The maximum absolute atomic E-state index is 11.7. The molecule has 1 aromatic heterocycles. The molecule has 1 saturated heterocycles. The molecule has 1 fully saturated rings. The smallest absolute Gasteiger partial charge is 0.252 e. The van der Waals surface area contributed by atoms with E-state index in [1.54, 1.807) is 24.5 Å². The van der Waals surface area contributed by atoms with E-state index in [4.69, 9.17) is 9.47 Å². The Bertz CT molecular complexity index is 378. The minimum absolute atomic E-state index is 0.0905. The van der Waals surface area contributed by atoms with Crippen LogP contribution in [0.4, 0.5) is 0 Å². The molecule has 0 aliphatic carbocycles. The van der Waals surface area contributed by atoms with Gasteiger partial charge in [-0.05, 0) is 31.4 Å². The molecule has 1 amide bonds. The number of ether oxygens (including phenoxy) is 2. The second kappa shape index (κ2) is 7.86. The van der Waals surface area contributed by atoms with Crippen LogP contribution in [0.25, 0.3) is 0 Å². The van der Waals surface area contributed by atoms with Crippen molar-refractivity contribution in [3.63, 3.8) is 0 Å². The molecule has 1 atom stereocenters. The molecule has 5 nitrogen and oxygen atoms in total.